The van der Waals surface area contributed by atoms with Crippen LogP contribution in [-0.2, 0) is 17.6 Å². The van der Waals surface area contributed by atoms with Crippen molar-refractivity contribution in [2.24, 2.45) is 0 Å². The molecule has 1 saturated heterocycles. The molecule has 96 valence electrons. The van der Waals surface area contributed by atoms with Crippen LogP contribution in [0.3, 0.4) is 0 Å². The maximum absolute atomic E-state index is 11.5. The minimum absolute atomic E-state index is 0.280. The van der Waals surface area contributed by atoms with Gasteiger partial charge in [-0.2, -0.15) is 0 Å². The summed E-state index contributed by atoms with van der Waals surface area (Å²) in [5.41, 5.74) is 2.96. The average Bonchev–Trinajstić information content (AvgIpc) is 2.76. The first kappa shape index (κ1) is 11.7. The van der Waals surface area contributed by atoms with E-state index in [2.05, 4.69) is 29.6 Å². The van der Waals surface area contributed by atoms with E-state index in [9.17, 15) is 4.79 Å². The normalized spacial score (nSPS) is 24.4. The highest BCUT2D eigenvalue weighted by molar-refractivity contribution is 5.76. The van der Waals surface area contributed by atoms with Gasteiger partial charge in [-0.15, -0.1) is 0 Å². The Balaban J connectivity index is 1.58. The predicted molar refractivity (Wildman–Crippen MR) is 71.4 cm³/mol. The van der Waals surface area contributed by atoms with Crippen LogP contribution < -0.4 is 5.32 Å². The number of likely N-dealkylation sites (N-methyl/N-ethyl adjacent to an activating group) is 1. The largest absolute Gasteiger partial charge is 0.344 e. The van der Waals surface area contributed by atoms with Crippen molar-refractivity contribution >= 4 is 5.91 Å². The van der Waals surface area contributed by atoms with E-state index < -0.39 is 0 Å². The molecule has 3 heteroatoms. The van der Waals surface area contributed by atoms with Crippen LogP contribution in [0.15, 0.2) is 24.3 Å². The van der Waals surface area contributed by atoms with E-state index in [1.54, 1.807) is 0 Å². The van der Waals surface area contributed by atoms with Gasteiger partial charge in [-0.3, -0.25) is 4.79 Å². The molecule has 1 N–H and O–H groups in total. The van der Waals surface area contributed by atoms with E-state index in [4.69, 9.17) is 0 Å². The number of hydrogen-bond acceptors (Lipinski definition) is 2. The van der Waals surface area contributed by atoms with E-state index in [1.165, 1.54) is 11.1 Å². The number of nitrogens with zero attached hydrogens (tertiary/aromatic N) is 1. The van der Waals surface area contributed by atoms with Crippen LogP contribution in [0.5, 0.6) is 0 Å². The zero-order valence-corrected chi connectivity index (χ0v) is 10.9. The molecule has 1 aromatic rings. The van der Waals surface area contributed by atoms with Crippen LogP contribution in [0.2, 0.25) is 0 Å². The van der Waals surface area contributed by atoms with E-state index in [-0.39, 0.29) is 5.91 Å². The van der Waals surface area contributed by atoms with Crippen molar-refractivity contribution in [3.63, 3.8) is 0 Å². The first-order valence-electron chi connectivity index (χ1n) is 6.79. The van der Waals surface area contributed by atoms with E-state index in [0.717, 1.165) is 25.8 Å². The van der Waals surface area contributed by atoms with Crippen LogP contribution in [0.25, 0.3) is 0 Å². The Morgan fingerprint density at radius 2 is 1.83 bits per heavy atom. The Morgan fingerprint density at radius 3 is 2.44 bits per heavy atom. The van der Waals surface area contributed by atoms with Crippen LogP contribution >= 0.6 is 0 Å². The lowest BCUT2D eigenvalue weighted by Crippen LogP contribution is -2.50. The zero-order valence-electron chi connectivity index (χ0n) is 10.9. The fraction of sp³-hybridized carbons (Fsp3) is 0.533. The summed E-state index contributed by atoms with van der Waals surface area (Å²) in [6.07, 6.45) is 3.93. The number of benzene rings is 1. The first-order valence-corrected chi connectivity index (χ1v) is 6.79. The molecule has 2 aliphatic rings. The molecule has 0 saturated carbocycles. The Labute approximate surface area is 108 Å². The zero-order chi connectivity index (χ0) is 12.5. The standard InChI is InChI=1S/C15H20N2O/c1-17-10-13(6-7-15(17)18)16-14-8-11-4-2-3-5-12(11)9-14/h2-5,13-14,16H,6-10H2,1H3. The summed E-state index contributed by atoms with van der Waals surface area (Å²) in [6, 6.07) is 9.71. The summed E-state index contributed by atoms with van der Waals surface area (Å²) in [5, 5.41) is 3.72. The van der Waals surface area contributed by atoms with Crippen molar-refractivity contribution in [1.29, 1.82) is 0 Å². The summed E-state index contributed by atoms with van der Waals surface area (Å²) < 4.78 is 0. The van der Waals surface area contributed by atoms with E-state index in [0.29, 0.717) is 18.5 Å². The summed E-state index contributed by atoms with van der Waals surface area (Å²) in [4.78, 5) is 13.3. The highest BCUT2D eigenvalue weighted by Crippen LogP contribution is 2.23. The SMILES string of the molecule is CN1CC(NC2Cc3ccccc3C2)CCC1=O. The van der Waals surface area contributed by atoms with E-state index in [1.807, 2.05) is 11.9 Å². The molecule has 0 aromatic heterocycles. The number of piperidine rings is 1. The molecular formula is C15H20N2O. The number of likely N-dealkylation sites (tertiary alicyclic amines) is 1. The molecule has 1 atom stereocenters. The molecule has 0 radical (unpaired) electrons. The molecule has 18 heavy (non-hydrogen) atoms. The van der Waals surface area contributed by atoms with Crippen molar-refractivity contribution < 1.29 is 4.79 Å². The molecule has 1 amide bonds. The van der Waals surface area contributed by atoms with Gasteiger partial charge in [0.2, 0.25) is 5.91 Å². The highest BCUT2D eigenvalue weighted by Gasteiger charge is 2.27. The molecule has 1 aromatic carbocycles. The van der Waals surface area contributed by atoms with Crippen molar-refractivity contribution in [3.8, 4) is 0 Å². The number of carbonyl (C=O) groups excluding carboxylic acids is 1. The Bertz CT molecular complexity index is 433. The minimum atomic E-state index is 0.280. The Morgan fingerprint density at radius 1 is 1.17 bits per heavy atom. The van der Waals surface area contributed by atoms with Crippen LogP contribution in [-0.4, -0.2) is 36.5 Å². The second-order valence-corrected chi connectivity index (χ2v) is 5.55. The molecule has 0 spiro atoms. The molecule has 3 rings (SSSR count). The lowest BCUT2D eigenvalue weighted by Gasteiger charge is -2.32. The number of fused-ring (bicyclic) bond motifs is 1. The number of carbonyl (C=O) groups is 1. The minimum Gasteiger partial charge on any atom is -0.344 e. The summed E-state index contributed by atoms with van der Waals surface area (Å²) in [6.45, 7) is 0.853. The van der Waals surface area contributed by atoms with Gasteiger partial charge in [-0.25, -0.2) is 0 Å². The van der Waals surface area contributed by atoms with Gasteiger partial charge >= 0.3 is 0 Å². The topological polar surface area (TPSA) is 32.3 Å². The van der Waals surface area contributed by atoms with Gasteiger partial charge in [0.05, 0.1) is 0 Å². The smallest absolute Gasteiger partial charge is 0.222 e. The Hall–Kier alpha value is -1.35. The quantitative estimate of drug-likeness (QED) is 0.852. The van der Waals surface area contributed by atoms with Crippen LogP contribution in [0.4, 0.5) is 0 Å². The summed E-state index contributed by atoms with van der Waals surface area (Å²) in [7, 11) is 1.90. The lowest BCUT2D eigenvalue weighted by molar-refractivity contribution is -0.132. The second-order valence-electron chi connectivity index (χ2n) is 5.55. The van der Waals surface area contributed by atoms with Gasteiger partial charge in [-0.1, -0.05) is 24.3 Å². The van der Waals surface area contributed by atoms with Gasteiger partial charge in [0.15, 0.2) is 0 Å². The van der Waals surface area contributed by atoms with Crippen molar-refractivity contribution in [1.82, 2.24) is 10.2 Å². The third-order valence-corrected chi connectivity index (χ3v) is 4.15. The molecule has 1 fully saturated rings. The summed E-state index contributed by atoms with van der Waals surface area (Å²) >= 11 is 0. The molecular weight excluding hydrogens is 224 g/mol. The molecule has 3 nitrogen and oxygen atoms in total. The number of nitrogens with one attached hydrogen (secondary N) is 1. The number of amides is 1. The van der Waals surface area contributed by atoms with Crippen molar-refractivity contribution in [3.05, 3.63) is 35.4 Å². The summed E-state index contributed by atoms with van der Waals surface area (Å²) in [5.74, 6) is 0.280. The van der Waals surface area contributed by atoms with Crippen molar-refractivity contribution in [2.45, 2.75) is 37.8 Å². The fourth-order valence-electron chi connectivity index (χ4n) is 3.16. The molecule has 1 aliphatic carbocycles. The highest BCUT2D eigenvalue weighted by atomic mass is 16.2. The molecule has 1 heterocycles. The maximum Gasteiger partial charge on any atom is 0.222 e. The van der Waals surface area contributed by atoms with Gasteiger partial charge in [-0.05, 0) is 30.4 Å². The molecule has 0 bridgehead atoms. The molecule has 1 unspecified atom stereocenters. The van der Waals surface area contributed by atoms with Gasteiger partial charge in [0.1, 0.15) is 0 Å². The average molecular weight is 244 g/mol. The van der Waals surface area contributed by atoms with Crippen molar-refractivity contribution in [2.75, 3.05) is 13.6 Å². The van der Waals surface area contributed by atoms with Gasteiger partial charge < -0.3 is 10.2 Å². The first-order chi connectivity index (χ1) is 8.72. The second kappa shape index (κ2) is 4.73. The van der Waals surface area contributed by atoms with Gasteiger partial charge in [0, 0.05) is 32.1 Å². The van der Waals surface area contributed by atoms with Crippen LogP contribution in [0.1, 0.15) is 24.0 Å². The van der Waals surface area contributed by atoms with Crippen LogP contribution in [0, 0.1) is 0 Å². The monoisotopic (exact) mass is 244 g/mol. The third kappa shape index (κ3) is 2.27. The Kier molecular flexibility index (Phi) is 3.08. The fourth-order valence-corrected chi connectivity index (χ4v) is 3.16. The number of rotatable bonds is 2. The molecule has 1 aliphatic heterocycles. The van der Waals surface area contributed by atoms with Gasteiger partial charge in [0.25, 0.3) is 0 Å². The van der Waals surface area contributed by atoms with E-state index >= 15 is 0 Å². The third-order valence-electron chi connectivity index (χ3n) is 4.15. The number of hydrogen-bond donors (Lipinski definition) is 1. The lowest BCUT2D eigenvalue weighted by atomic mass is 10.0. The maximum atomic E-state index is 11.5. The predicted octanol–water partition coefficient (Wildman–Crippen LogP) is 1.36.